The molecule has 0 bridgehead atoms. The summed E-state index contributed by atoms with van der Waals surface area (Å²) in [5, 5.41) is 0.806. The van der Waals surface area contributed by atoms with E-state index in [1.807, 2.05) is 12.1 Å². The molecular formula is C28H31Cl2NO2. The minimum atomic E-state index is -0.347. The summed E-state index contributed by atoms with van der Waals surface area (Å²) in [7, 11) is 0. The van der Waals surface area contributed by atoms with Crippen molar-refractivity contribution in [3.05, 3.63) is 94.5 Å². The van der Waals surface area contributed by atoms with Gasteiger partial charge < -0.3 is 9.64 Å². The predicted octanol–water partition coefficient (Wildman–Crippen LogP) is 7.77. The van der Waals surface area contributed by atoms with Crippen LogP contribution >= 0.6 is 23.2 Å². The molecule has 0 spiro atoms. The zero-order valence-corrected chi connectivity index (χ0v) is 20.6. The fourth-order valence-corrected chi connectivity index (χ4v) is 4.19. The van der Waals surface area contributed by atoms with Crippen LogP contribution in [0.3, 0.4) is 0 Å². The molecule has 3 aromatic rings. The first-order chi connectivity index (χ1) is 16.0. The number of esters is 1. The highest BCUT2D eigenvalue weighted by molar-refractivity contribution is 6.42. The van der Waals surface area contributed by atoms with Crippen molar-refractivity contribution in [3.8, 4) is 11.1 Å². The van der Waals surface area contributed by atoms with Crippen LogP contribution in [0.2, 0.25) is 10.0 Å². The maximum atomic E-state index is 11.9. The molecule has 174 valence electrons. The second-order valence-corrected chi connectivity index (χ2v) is 9.05. The highest BCUT2D eigenvalue weighted by Gasteiger charge is 2.17. The van der Waals surface area contributed by atoms with E-state index in [2.05, 4.69) is 60.4 Å². The molecule has 0 radical (unpaired) electrons. The van der Waals surface area contributed by atoms with E-state index in [4.69, 9.17) is 27.9 Å². The number of likely N-dealkylation sites (tertiary alicyclic amines) is 1. The number of halogens is 2. The van der Waals surface area contributed by atoms with Gasteiger partial charge in [-0.15, -0.1) is 0 Å². The largest absolute Gasteiger partial charge is 0.462 e. The van der Waals surface area contributed by atoms with Crippen molar-refractivity contribution in [2.75, 3.05) is 19.7 Å². The molecule has 5 heteroatoms. The number of hydrogen-bond acceptors (Lipinski definition) is 3. The smallest absolute Gasteiger partial charge is 0.338 e. The SMILES string of the molecule is CC1CCCCN1CCCOC(=O)c1ccc(Cl)c(Cl)c1.c1ccc(-c2ccccc2)cc1. The molecule has 0 aromatic heterocycles. The van der Waals surface area contributed by atoms with Crippen LogP contribution < -0.4 is 0 Å². The van der Waals surface area contributed by atoms with E-state index in [0.717, 1.165) is 19.5 Å². The van der Waals surface area contributed by atoms with Crippen molar-refractivity contribution < 1.29 is 9.53 Å². The van der Waals surface area contributed by atoms with Gasteiger partial charge in [-0.1, -0.05) is 90.3 Å². The third-order valence-corrected chi connectivity index (χ3v) is 6.54. The summed E-state index contributed by atoms with van der Waals surface area (Å²) in [6, 6.07) is 26.2. The average Bonchev–Trinajstić information content (AvgIpc) is 2.86. The van der Waals surface area contributed by atoms with Crippen molar-refractivity contribution in [2.45, 2.75) is 38.6 Å². The highest BCUT2D eigenvalue weighted by atomic mass is 35.5. The Morgan fingerprint density at radius 3 is 2.12 bits per heavy atom. The lowest BCUT2D eigenvalue weighted by Crippen LogP contribution is -2.38. The Morgan fingerprint density at radius 1 is 0.909 bits per heavy atom. The van der Waals surface area contributed by atoms with E-state index in [-0.39, 0.29) is 5.97 Å². The standard InChI is InChI=1S/C16H21Cl2NO2.C12H10/c1-12-5-2-3-8-19(12)9-4-10-21-16(20)13-6-7-14(17)15(18)11-13;1-3-7-11(8-4-1)12-9-5-2-6-10-12/h6-7,11-12H,2-5,8-10H2,1H3;1-10H. The monoisotopic (exact) mass is 483 g/mol. The summed E-state index contributed by atoms with van der Waals surface area (Å²) in [6.45, 7) is 4.83. The zero-order valence-electron chi connectivity index (χ0n) is 19.1. The molecule has 3 nitrogen and oxygen atoms in total. The van der Waals surface area contributed by atoms with Crippen molar-refractivity contribution >= 4 is 29.2 Å². The molecule has 0 N–H and O–H groups in total. The Morgan fingerprint density at radius 2 is 1.55 bits per heavy atom. The van der Waals surface area contributed by atoms with Crippen LogP contribution in [-0.2, 0) is 4.74 Å². The number of piperidine rings is 1. The number of nitrogens with zero attached hydrogens (tertiary/aromatic N) is 1. The average molecular weight is 484 g/mol. The van der Waals surface area contributed by atoms with Crippen molar-refractivity contribution in [1.29, 1.82) is 0 Å². The molecule has 0 aliphatic carbocycles. The number of carbonyl (C=O) groups excluding carboxylic acids is 1. The van der Waals surface area contributed by atoms with Crippen LogP contribution in [0.1, 0.15) is 43.0 Å². The fraction of sp³-hybridized carbons (Fsp3) is 0.321. The van der Waals surface area contributed by atoms with Crippen LogP contribution in [0.5, 0.6) is 0 Å². The maximum Gasteiger partial charge on any atom is 0.338 e. The summed E-state index contributed by atoms with van der Waals surface area (Å²) >= 11 is 11.7. The molecule has 0 saturated carbocycles. The van der Waals surface area contributed by atoms with Crippen LogP contribution in [0, 0.1) is 0 Å². The van der Waals surface area contributed by atoms with Crippen LogP contribution in [0.15, 0.2) is 78.9 Å². The molecule has 1 aliphatic rings. The van der Waals surface area contributed by atoms with E-state index in [0.29, 0.717) is 28.3 Å². The fourth-order valence-electron chi connectivity index (χ4n) is 3.89. The molecule has 0 amide bonds. The third kappa shape index (κ3) is 8.19. The van der Waals surface area contributed by atoms with Gasteiger partial charge in [-0.2, -0.15) is 0 Å². The Balaban J connectivity index is 0.000000215. The summed E-state index contributed by atoms with van der Waals surface area (Å²) in [6.07, 6.45) is 4.72. The van der Waals surface area contributed by atoms with E-state index >= 15 is 0 Å². The van der Waals surface area contributed by atoms with Crippen LogP contribution in [0.4, 0.5) is 0 Å². The second kappa shape index (κ2) is 13.4. The number of carbonyl (C=O) groups is 1. The van der Waals surface area contributed by atoms with Crippen molar-refractivity contribution in [1.82, 2.24) is 4.90 Å². The zero-order chi connectivity index (χ0) is 23.5. The predicted molar refractivity (Wildman–Crippen MR) is 138 cm³/mol. The van der Waals surface area contributed by atoms with Crippen LogP contribution in [0.25, 0.3) is 11.1 Å². The lowest BCUT2D eigenvalue weighted by atomic mass is 10.0. The lowest BCUT2D eigenvalue weighted by Gasteiger charge is -2.33. The van der Waals surface area contributed by atoms with Gasteiger partial charge in [-0.3, -0.25) is 0 Å². The first-order valence-corrected chi connectivity index (χ1v) is 12.3. The van der Waals surface area contributed by atoms with Gasteiger partial charge in [0.15, 0.2) is 0 Å². The Bertz CT molecular complexity index is 958. The van der Waals surface area contributed by atoms with Gasteiger partial charge in [0.1, 0.15) is 0 Å². The molecule has 1 unspecified atom stereocenters. The maximum absolute atomic E-state index is 11.9. The van der Waals surface area contributed by atoms with Gasteiger partial charge in [-0.05, 0) is 62.1 Å². The first kappa shape index (κ1) is 25.3. The normalized spacial score (nSPS) is 15.9. The van der Waals surface area contributed by atoms with Gasteiger partial charge >= 0.3 is 5.97 Å². The van der Waals surface area contributed by atoms with Gasteiger partial charge in [0, 0.05) is 12.6 Å². The van der Waals surface area contributed by atoms with Gasteiger partial charge in [0.2, 0.25) is 0 Å². The summed E-state index contributed by atoms with van der Waals surface area (Å²) in [5.74, 6) is -0.347. The van der Waals surface area contributed by atoms with Crippen molar-refractivity contribution in [3.63, 3.8) is 0 Å². The Hall–Kier alpha value is -2.33. The number of benzene rings is 3. The second-order valence-electron chi connectivity index (χ2n) is 8.23. The first-order valence-electron chi connectivity index (χ1n) is 11.5. The van der Waals surface area contributed by atoms with Gasteiger partial charge in [0.25, 0.3) is 0 Å². The number of rotatable bonds is 6. The molecule has 1 aliphatic heterocycles. The quantitative estimate of drug-likeness (QED) is 0.264. The van der Waals surface area contributed by atoms with Crippen LogP contribution in [-0.4, -0.2) is 36.6 Å². The van der Waals surface area contributed by atoms with E-state index < -0.39 is 0 Å². The lowest BCUT2D eigenvalue weighted by molar-refractivity contribution is 0.0475. The molecule has 1 heterocycles. The number of hydrogen-bond donors (Lipinski definition) is 0. The van der Waals surface area contributed by atoms with Gasteiger partial charge in [0.05, 0.1) is 22.2 Å². The summed E-state index contributed by atoms with van der Waals surface area (Å²) < 4.78 is 5.28. The molecule has 3 aromatic carbocycles. The molecule has 1 saturated heterocycles. The molecular weight excluding hydrogens is 453 g/mol. The molecule has 1 fully saturated rings. The molecule has 1 atom stereocenters. The van der Waals surface area contributed by atoms with E-state index in [1.54, 1.807) is 18.2 Å². The molecule has 33 heavy (non-hydrogen) atoms. The molecule has 4 rings (SSSR count). The van der Waals surface area contributed by atoms with Gasteiger partial charge in [-0.25, -0.2) is 4.79 Å². The highest BCUT2D eigenvalue weighted by Crippen LogP contribution is 2.23. The summed E-state index contributed by atoms with van der Waals surface area (Å²) in [5.41, 5.74) is 2.99. The minimum absolute atomic E-state index is 0.347. The van der Waals surface area contributed by atoms with E-state index in [1.165, 1.54) is 30.4 Å². The topological polar surface area (TPSA) is 29.5 Å². The van der Waals surface area contributed by atoms with E-state index in [9.17, 15) is 4.79 Å². The minimum Gasteiger partial charge on any atom is -0.462 e. The summed E-state index contributed by atoms with van der Waals surface area (Å²) in [4.78, 5) is 14.4. The number of ether oxygens (including phenoxy) is 1. The Kier molecular flexibility index (Phi) is 10.3. The van der Waals surface area contributed by atoms with Crippen molar-refractivity contribution in [2.24, 2.45) is 0 Å². The Labute approximate surface area is 207 Å². The third-order valence-electron chi connectivity index (χ3n) is 5.80.